The molecule has 0 amide bonds. The van der Waals surface area contributed by atoms with Gasteiger partial charge in [0.25, 0.3) is 0 Å². The maximum absolute atomic E-state index is 13.1. The first-order chi connectivity index (χ1) is 10.1. The molecule has 0 saturated heterocycles. The summed E-state index contributed by atoms with van der Waals surface area (Å²) in [7, 11) is 0. The monoisotopic (exact) mass is 351 g/mol. The summed E-state index contributed by atoms with van der Waals surface area (Å²) in [5.74, 6) is -0.989. The molecular formula is C17H16BrF2N. The van der Waals surface area contributed by atoms with Crippen LogP contribution in [0.5, 0.6) is 0 Å². The fourth-order valence-electron chi connectivity index (χ4n) is 2.73. The van der Waals surface area contributed by atoms with Gasteiger partial charge >= 0.3 is 0 Å². The Morgan fingerprint density at radius 3 is 2.57 bits per heavy atom. The number of nitrogens with one attached hydrogen (secondary N) is 1. The third-order valence-electron chi connectivity index (χ3n) is 4.04. The van der Waals surface area contributed by atoms with E-state index in [1.807, 2.05) is 6.07 Å². The van der Waals surface area contributed by atoms with Gasteiger partial charge in [-0.15, -0.1) is 0 Å². The van der Waals surface area contributed by atoms with Crippen LogP contribution in [0, 0.1) is 11.6 Å². The molecule has 4 heteroatoms. The summed E-state index contributed by atoms with van der Waals surface area (Å²) in [6.07, 6.45) is 2.17. The number of hydrogen-bond acceptors (Lipinski definition) is 1. The minimum Gasteiger partial charge on any atom is -0.310 e. The van der Waals surface area contributed by atoms with E-state index in [2.05, 4.69) is 39.4 Å². The largest absolute Gasteiger partial charge is 0.310 e. The Balaban J connectivity index is 1.50. The van der Waals surface area contributed by atoms with Crippen molar-refractivity contribution in [2.24, 2.45) is 0 Å². The van der Waals surface area contributed by atoms with E-state index in [0.717, 1.165) is 22.9 Å². The van der Waals surface area contributed by atoms with E-state index < -0.39 is 11.6 Å². The maximum atomic E-state index is 13.1. The van der Waals surface area contributed by atoms with Gasteiger partial charge in [-0.05, 0) is 54.2 Å². The zero-order valence-electron chi connectivity index (χ0n) is 11.5. The smallest absolute Gasteiger partial charge is 0.159 e. The van der Waals surface area contributed by atoms with Crippen LogP contribution in [0.15, 0.2) is 46.9 Å². The molecule has 3 rings (SSSR count). The van der Waals surface area contributed by atoms with E-state index in [-0.39, 0.29) is 0 Å². The van der Waals surface area contributed by atoms with E-state index in [1.165, 1.54) is 17.7 Å². The fraction of sp³-hybridized carbons (Fsp3) is 0.294. The lowest BCUT2D eigenvalue weighted by atomic mass is 9.76. The Morgan fingerprint density at radius 1 is 1.05 bits per heavy atom. The molecule has 0 aromatic heterocycles. The first kappa shape index (κ1) is 14.7. The van der Waals surface area contributed by atoms with Gasteiger partial charge in [0.05, 0.1) is 0 Å². The van der Waals surface area contributed by atoms with Crippen molar-refractivity contribution < 1.29 is 8.78 Å². The van der Waals surface area contributed by atoms with Gasteiger partial charge in [0.1, 0.15) is 0 Å². The molecule has 1 saturated carbocycles. The Hall–Kier alpha value is -1.26. The molecule has 0 heterocycles. The van der Waals surface area contributed by atoms with Crippen molar-refractivity contribution in [3.8, 4) is 0 Å². The normalized spacial score (nSPS) is 21.1. The van der Waals surface area contributed by atoms with Crippen molar-refractivity contribution in [2.75, 3.05) is 0 Å². The quantitative estimate of drug-likeness (QED) is 0.836. The second-order valence-electron chi connectivity index (χ2n) is 5.55. The molecule has 1 fully saturated rings. The highest BCUT2D eigenvalue weighted by Crippen LogP contribution is 2.37. The molecule has 0 aliphatic heterocycles. The number of rotatable bonds is 4. The van der Waals surface area contributed by atoms with Gasteiger partial charge in [-0.25, -0.2) is 8.78 Å². The minimum atomic E-state index is -0.794. The first-order valence-corrected chi connectivity index (χ1v) is 7.84. The Bertz CT molecular complexity index is 638. The third kappa shape index (κ3) is 3.50. The van der Waals surface area contributed by atoms with Gasteiger partial charge in [0.15, 0.2) is 11.6 Å². The molecule has 21 heavy (non-hydrogen) atoms. The lowest BCUT2D eigenvalue weighted by Gasteiger charge is -2.36. The zero-order chi connectivity index (χ0) is 14.8. The van der Waals surface area contributed by atoms with Gasteiger partial charge in [-0.1, -0.05) is 34.1 Å². The molecule has 0 spiro atoms. The average Bonchev–Trinajstić information content (AvgIpc) is 2.41. The number of hydrogen-bond donors (Lipinski definition) is 1. The van der Waals surface area contributed by atoms with E-state index in [0.29, 0.717) is 18.5 Å². The van der Waals surface area contributed by atoms with Gasteiger partial charge in [-0.2, -0.15) is 0 Å². The molecule has 0 radical (unpaired) electrons. The molecule has 0 bridgehead atoms. The molecule has 1 aliphatic carbocycles. The highest BCUT2D eigenvalue weighted by molar-refractivity contribution is 9.10. The van der Waals surface area contributed by atoms with Crippen molar-refractivity contribution in [3.05, 3.63) is 69.7 Å². The fourth-order valence-corrected chi connectivity index (χ4v) is 3.15. The molecule has 0 unspecified atom stereocenters. The molecule has 0 atom stereocenters. The summed E-state index contributed by atoms with van der Waals surface area (Å²) in [5.41, 5.74) is 2.13. The topological polar surface area (TPSA) is 12.0 Å². The Morgan fingerprint density at radius 2 is 1.86 bits per heavy atom. The van der Waals surface area contributed by atoms with Gasteiger partial charge in [-0.3, -0.25) is 0 Å². The van der Waals surface area contributed by atoms with Crippen LogP contribution in [-0.4, -0.2) is 6.04 Å². The van der Waals surface area contributed by atoms with Crippen LogP contribution in [0.4, 0.5) is 8.78 Å². The predicted molar refractivity (Wildman–Crippen MR) is 83.1 cm³/mol. The van der Waals surface area contributed by atoms with Crippen LogP contribution in [0.1, 0.15) is 29.9 Å². The summed E-state index contributed by atoms with van der Waals surface area (Å²) < 4.78 is 27.1. The van der Waals surface area contributed by atoms with E-state index >= 15 is 0 Å². The third-order valence-corrected chi connectivity index (χ3v) is 4.53. The van der Waals surface area contributed by atoms with Crippen molar-refractivity contribution in [1.29, 1.82) is 0 Å². The van der Waals surface area contributed by atoms with Crippen LogP contribution in [0.2, 0.25) is 0 Å². The maximum Gasteiger partial charge on any atom is 0.159 e. The van der Waals surface area contributed by atoms with Gasteiger partial charge in [0.2, 0.25) is 0 Å². The molecule has 1 N–H and O–H groups in total. The standard InChI is InChI=1S/C17H16BrF2N/c18-14-3-1-2-12(7-14)13-8-15(9-13)21-10-11-4-5-16(19)17(20)6-11/h1-7,13,15,21H,8-10H2. The van der Waals surface area contributed by atoms with Crippen molar-refractivity contribution in [2.45, 2.75) is 31.3 Å². The van der Waals surface area contributed by atoms with E-state index in [1.54, 1.807) is 6.07 Å². The van der Waals surface area contributed by atoms with Crippen molar-refractivity contribution >= 4 is 15.9 Å². The molecule has 2 aromatic rings. The Labute approximate surface area is 131 Å². The second-order valence-corrected chi connectivity index (χ2v) is 6.47. The number of halogens is 3. The average molecular weight is 352 g/mol. The van der Waals surface area contributed by atoms with Crippen molar-refractivity contribution in [1.82, 2.24) is 5.32 Å². The van der Waals surface area contributed by atoms with Crippen LogP contribution < -0.4 is 5.32 Å². The highest BCUT2D eigenvalue weighted by atomic mass is 79.9. The van der Waals surface area contributed by atoms with Crippen LogP contribution in [-0.2, 0) is 6.54 Å². The van der Waals surface area contributed by atoms with E-state index in [9.17, 15) is 8.78 Å². The molecule has 110 valence electrons. The SMILES string of the molecule is Fc1ccc(CNC2CC(c3cccc(Br)c3)C2)cc1F. The summed E-state index contributed by atoms with van der Waals surface area (Å²) in [6.45, 7) is 0.576. The molecule has 2 aromatic carbocycles. The van der Waals surface area contributed by atoms with E-state index in [4.69, 9.17) is 0 Å². The van der Waals surface area contributed by atoms with Crippen molar-refractivity contribution in [3.63, 3.8) is 0 Å². The van der Waals surface area contributed by atoms with Crippen LogP contribution >= 0.6 is 15.9 Å². The summed E-state index contributed by atoms with van der Waals surface area (Å²) >= 11 is 3.49. The zero-order valence-corrected chi connectivity index (χ0v) is 13.0. The molecule has 1 nitrogen and oxygen atoms in total. The van der Waals surface area contributed by atoms with Crippen LogP contribution in [0.25, 0.3) is 0 Å². The first-order valence-electron chi connectivity index (χ1n) is 7.04. The summed E-state index contributed by atoms with van der Waals surface area (Å²) in [4.78, 5) is 0. The lowest BCUT2D eigenvalue weighted by molar-refractivity contribution is 0.289. The number of benzene rings is 2. The molecule has 1 aliphatic rings. The van der Waals surface area contributed by atoms with Gasteiger partial charge in [0, 0.05) is 17.1 Å². The minimum absolute atomic E-state index is 0.446. The Kier molecular flexibility index (Phi) is 4.36. The predicted octanol–water partition coefficient (Wildman–Crippen LogP) is 4.76. The lowest BCUT2D eigenvalue weighted by Crippen LogP contribution is -2.39. The van der Waals surface area contributed by atoms with Crippen LogP contribution in [0.3, 0.4) is 0 Å². The second kappa shape index (κ2) is 6.24. The van der Waals surface area contributed by atoms with Gasteiger partial charge < -0.3 is 5.32 Å². The summed E-state index contributed by atoms with van der Waals surface area (Å²) in [5, 5.41) is 3.40. The highest BCUT2D eigenvalue weighted by Gasteiger charge is 2.29. The summed E-state index contributed by atoms with van der Waals surface area (Å²) in [6, 6.07) is 12.9. The molecular weight excluding hydrogens is 336 g/mol.